The fourth-order valence-corrected chi connectivity index (χ4v) is 4.02. The summed E-state index contributed by atoms with van der Waals surface area (Å²) in [6, 6.07) is 3.63. The van der Waals surface area contributed by atoms with Crippen molar-refractivity contribution in [1.29, 1.82) is 0 Å². The Kier molecular flexibility index (Phi) is 5.52. The maximum atomic E-state index is 13.2. The Morgan fingerprint density at radius 1 is 1.12 bits per heavy atom. The van der Waals surface area contributed by atoms with Crippen LogP contribution in [0.4, 0.5) is 0 Å². The van der Waals surface area contributed by atoms with E-state index in [1.807, 2.05) is 16.7 Å². The largest absolute Gasteiger partial charge is 0.339 e. The lowest BCUT2D eigenvalue weighted by molar-refractivity contribution is 0.378. The molecule has 5 aromatic rings. The van der Waals surface area contributed by atoms with Gasteiger partial charge in [-0.1, -0.05) is 24.9 Å². The molecule has 1 N–H and O–H groups in total. The van der Waals surface area contributed by atoms with Gasteiger partial charge in [0.1, 0.15) is 5.82 Å². The Morgan fingerprint density at radius 2 is 1.97 bits per heavy atom. The highest BCUT2D eigenvalue weighted by Crippen LogP contribution is 2.18. The molecule has 5 aromatic heterocycles. The number of halogens is 1. The molecule has 0 bridgehead atoms. The van der Waals surface area contributed by atoms with E-state index in [2.05, 4.69) is 58.1 Å². The molecule has 32 heavy (non-hydrogen) atoms. The van der Waals surface area contributed by atoms with Gasteiger partial charge in [0.2, 0.25) is 17.5 Å². The minimum atomic E-state index is -0.233. The van der Waals surface area contributed by atoms with Crippen LogP contribution in [-0.4, -0.2) is 44.3 Å². The second kappa shape index (κ2) is 8.61. The summed E-state index contributed by atoms with van der Waals surface area (Å²) in [4.78, 5) is 29.1. The molecule has 0 aliphatic heterocycles. The first-order valence-electron chi connectivity index (χ1n) is 10.4. The summed E-state index contributed by atoms with van der Waals surface area (Å²) in [7, 11) is 0. The van der Waals surface area contributed by atoms with E-state index in [-0.39, 0.29) is 5.56 Å². The smallest absolute Gasteiger partial charge is 0.286 e. The number of imidazole rings is 1. The molecule has 0 aliphatic rings. The molecule has 0 saturated carbocycles. The Morgan fingerprint density at radius 3 is 2.78 bits per heavy atom. The van der Waals surface area contributed by atoms with Crippen LogP contribution in [0.3, 0.4) is 0 Å². The van der Waals surface area contributed by atoms with Crippen LogP contribution in [0, 0.1) is 0 Å². The molecule has 5 heterocycles. The molecule has 0 aromatic carbocycles. The third-order valence-electron chi connectivity index (χ3n) is 5.24. The molecule has 0 spiro atoms. The molecule has 12 heteroatoms. The van der Waals surface area contributed by atoms with Gasteiger partial charge < -0.3 is 9.51 Å². The van der Waals surface area contributed by atoms with E-state index in [4.69, 9.17) is 4.52 Å². The van der Waals surface area contributed by atoms with Gasteiger partial charge in [-0.2, -0.15) is 4.98 Å². The maximum absolute atomic E-state index is 13.2. The van der Waals surface area contributed by atoms with Crippen molar-refractivity contribution in [3.63, 3.8) is 0 Å². The van der Waals surface area contributed by atoms with Crippen LogP contribution in [0.1, 0.15) is 37.9 Å². The third-order valence-corrected chi connectivity index (χ3v) is 5.61. The standard InChI is InChI=1S/C20H20BrN9O2/c1-2-3-4-11-29-17-15(24-19(21)25-17)18(31)30-13(26-27-20(29)30)5-6-14-23-16(28-32-14)12-7-9-22-10-8-12/h7-10H,2-6,11H2,1H3,(H,24,25). The Bertz CT molecular complexity index is 1430. The molecule has 0 fully saturated rings. The average molecular weight is 498 g/mol. The highest BCUT2D eigenvalue weighted by atomic mass is 79.9. The van der Waals surface area contributed by atoms with Crippen molar-refractivity contribution < 1.29 is 4.52 Å². The molecule has 0 radical (unpaired) electrons. The number of rotatable bonds is 8. The zero-order chi connectivity index (χ0) is 22.1. The van der Waals surface area contributed by atoms with Crippen molar-refractivity contribution in [2.24, 2.45) is 0 Å². The SMILES string of the molecule is CCCCCn1c2nc(Br)[nH]c2c(=O)n2c(CCc3nc(-c4ccncc4)no3)nnc12. The number of H-pyrrole nitrogens is 1. The number of nitrogens with one attached hydrogen (secondary N) is 1. The number of fused-ring (bicyclic) bond motifs is 2. The number of unbranched alkanes of at least 4 members (excludes halogenated alkanes) is 2. The van der Waals surface area contributed by atoms with Crippen molar-refractivity contribution >= 4 is 32.9 Å². The van der Waals surface area contributed by atoms with Gasteiger partial charge in [0.15, 0.2) is 15.9 Å². The molecule has 0 unspecified atom stereocenters. The number of hydrogen-bond acceptors (Lipinski definition) is 8. The lowest BCUT2D eigenvalue weighted by Crippen LogP contribution is -2.21. The fourth-order valence-electron chi connectivity index (χ4n) is 3.66. The number of hydrogen-bond donors (Lipinski definition) is 1. The van der Waals surface area contributed by atoms with Crippen LogP contribution in [0.5, 0.6) is 0 Å². The van der Waals surface area contributed by atoms with Crippen molar-refractivity contribution in [2.75, 3.05) is 0 Å². The van der Waals surface area contributed by atoms with Gasteiger partial charge in [0, 0.05) is 37.3 Å². The quantitative estimate of drug-likeness (QED) is 0.255. The van der Waals surface area contributed by atoms with Gasteiger partial charge in [0.05, 0.1) is 0 Å². The Hall–Kier alpha value is -3.41. The molecular formula is C20H20BrN9O2. The number of nitrogens with zero attached hydrogens (tertiary/aromatic N) is 8. The van der Waals surface area contributed by atoms with Crippen LogP contribution in [-0.2, 0) is 19.4 Å². The summed E-state index contributed by atoms with van der Waals surface area (Å²) in [5.74, 6) is 1.97. The number of aryl methyl sites for hydroxylation is 3. The molecular weight excluding hydrogens is 478 g/mol. The summed E-state index contributed by atoms with van der Waals surface area (Å²) in [6.07, 6.45) is 7.32. The number of pyridine rings is 1. The monoisotopic (exact) mass is 497 g/mol. The highest BCUT2D eigenvalue weighted by Gasteiger charge is 2.20. The van der Waals surface area contributed by atoms with Crippen LogP contribution in [0.2, 0.25) is 0 Å². The van der Waals surface area contributed by atoms with Gasteiger partial charge >= 0.3 is 0 Å². The first-order chi connectivity index (χ1) is 15.7. The van der Waals surface area contributed by atoms with Crippen LogP contribution >= 0.6 is 15.9 Å². The molecule has 0 saturated heterocycles. The zero-order valence-electron chi connectivity index (χ0n) is 17.3. The molecule has 0 atom stereocenters. The molecule has 5 rings (SSSR count). The molecule has 0 amide bonds. The third kappa shape index (κ3) is 3.70. The first kappa shape index (κ1) is 20.5. The predicted octanol–water partition coefficient (Wildman–Crippen LogP) is 2.95. The topological polar surface area (TPSA) is 133 Å². The second-order valence-electron chi connectivity index (χ2n) is 7.39. The van der Waals surface area contributed by atoms with Gasteiger partial charge in [-0.05, 0) is 34.5 Å². The lowest BCUT2D eigenvalue weighted by Gasteiger charge is -2.09. The van der Waals surface area contributed by atoms with Gasteiger partial charge in [-0.25, -0.2) is 9.38 Å². The normalized spacial score (nSPS) is 11.7. The van der Waals surface area contributed by atoms with Crippen molar-refractivity contribution in [2.45, 2.75) is 45.6 Å². The van der Waals surface area contributed by atoms with E-state index in [1.54, 1.807) is 16.8 Å². The summed E-state index contributed by atoms with van der Waals surface area (Å²) in [5, 5.41) is 12.6. The van der Waals surface area contributed by atoms with E-state index in [0.717, 1.165) is 24.8 Å². The van der Waals surface area contributed by atoms with Crippen LogP contribution in [0.15, 0.2) is 38.6 Å². The molecule has 164 valence electrons. The second-order valence-corrected chi connectivity index (χ2v) is 8.14. The van der Waals surface area contributed by atoms with Crippen molar-refractivity contribution in [3.8, 4) is 11.4 Å². The van der Waals surface area contributed by atoms with Crippen LogP contribution < -0.4 is 5.56 Å². The Balaban J connectivity index is 1.47. The zero-order valence-corrected chi connectivity index (χ0v) is 18.9. The molecule has 11 nitrogen and oxygen atoms in total. The maximum Gasteiger partial charge on any atom is 0.286 e. The first-order valence-corrected chi connectivity index (χ1v) is 11.2. The Labute approximate surface area is 190 Å². The number of aromatic nitrogens is 9. The van der Waals surface area contributed by atoms with E-state index in [0.29, 0.717) is 58.6 Å². The summed E-state index contributed by atoms with van der Waals surface area (Å²) in [5.41, 5.74) is 1.58. The number of aromatic amines is 1. The van der Waals surface area contributed by atoms with Crippen molar-refractivity contribution in [1.82, 2.24) is 44.3 Å². The minimum Gasteiger partial charge on any atom is -0.339 e. The van der Waals surface area contributed by atoms with Crippen LogP contribution in [0.25, 0.3) is 28.3 Å². The van der Waals surface area contributed by atoms with Gasteiger partial charge in [-0.15, -0.1) is 10.2 Å². The fraction of sp³-hybridized carbons (Fsp3) is 0.350. The van der Waals surface area contributed by atoms with E-state index >= 15 is 0 Å². The summed E-state index contributed by atoms with van der Waals surface area (Å²) < 4.78 is 9.37. The summed E-state index contributed by atoms with van der Waals surface area (Å²) >= 11 is 3.34. The lowest BCUT2D eigenvalue weighted by atomic mass is 10.2. The van der Waals surface area contributed by atoms with Gasteiger partial charge in [0.25, 0.3) is 5.56 Å². The van der Waals surface area contributed by atoms with E-state index in [9.17, 15) is 4.79 Å². The van der Waals surface area contributed by atoms with Gasteiger partial charge in [-0.3, -0.25) is 14.3 Å². The van der Waals surface area contributed by atoms with E-state index in [1.165, 1.54) is 0 Å². The molecule has 0 aliphatic carbocycles. The predicted molar refractivity (Wildman–Crippen MR) is 119 cm³/mol. The minimum absolute atomic E-state index is 0.233. The summed E-state index contributed by atoms with van der Waals surface area (Å²) in [6.45, 7) is 2.84. The van der Waals surface area contributed by atoms with Crippen molar-refractivity contribution in [3.05, 3.63) is 51.3 Å². The van der Waals surface area contributed by atoms with E-state index < -0.39 is 0 Å². The average Bonchev–Trinajstić information content (AvgIpc) is 3.53. The highest BCUT2D eigenvalue weighted by molar-refractivity contribution is 9.10.